The highest BCUT2D eigenvalue weighted by molar-refractivity contribution is 6.09. The van der Waals surface area contributed by atoms with Gasteiger partial charge in [0.05, 0.1) is 17.9 Å². The van der Waals surface area contributed by atoms with E-state index in [0.717, 1.165) is 23.3 Å². The van der Waals surface area contributed by atoms with Gasteiger partial charge >= 0.3 is 18.3 Å². The van der Waals surface area contributed by atoms with Gasteiger partial charge in [0.25, 0.3) is 5.91 Å². The molecule has 0 radical (unpaired) electrons. The molecule has 3 aromatic carbocycles. The van der Waals surface area contributed by atoms with E-state index < -0.39 is 41.1 Å². The van der Waals surface area contributed by atoms with Gasteiger partial charge in [-0.05, 0) is 73.2 Å². The van der Waals surface area contributed by atoms with Gasteiger partial charge in [-0.2, -0.15) is 26.3 Å². The molecule has 1 saturated carbocycles. The molecule has 1 amide bonds. The van der Waals surface area contributed by atoms with Crippen LogP contribution in [0.2, 0.25) is 0 Å². The minimum Gasteiger partial charge on any atom is -0.481 e. The first kappa shape index (κ1) is 33.5. The molecule has 0 spiro atoms. The lowest BCUT2D eigenvalue weighted by Crippen LogP contribution is -2.37. The van der Waals surface area contributed by atoms with E-state index in [4.69, 9.17) is 5.11 Å². The monoisotopic (exact) mass is 633 g/mol. The van der Waals surface area contributed by atoms with Crippen LogP contribution in [-0.2, 0) is 16.4 Å². The number of carboxylic acid groups (broad SMARTS) is 1. The number of nitrogens with zero attached hydrogens (tertiary/aromatic N) is 2. The van der Waals surface area contributed by atoms with Crippen molar-refractivity contribution in [2.75, 3.05) is 25.5 Å². The van der Waals surface area contributed by atoms with E-state index in [1.54, 1.807) is 55.4 Å². The van der Waals surface area contributed by atoms with Crippen molar-refractivity contribution in [2.24, 2.45) is 10.9 Å². The molecule has 6 nitrogen and oxygen atoms in total. The van der Waals surface area contributed by atoms with Gasteiger partial charge in [-0.15, -0.1) is 0 Å². The van der Waals surface area contributed by atoms with Crippen LogP contribution in [0, 0.1) is 5.92 Å². The Morgan fingerprint density at radius 2 is 1.38 bits per heavy atom. The van der Waals surface area contributed by atoms with E-state index in [2.05, 4.69) is 10.3 Å². The molecular weight excluding hydrogens is 600 g/mol. The summed E-state index contributed by atoms with van der Waals surface area (Å²) in [5.41, 5.74) is 1.46. The number of amidine groups is 1. The van der Waals surface area contributed by atoms with Crippen LogP contribution in [0.5, 0.6) is 0 Å². The van der Waals surface area contributed by atoms with Crippen molar-refractivity contribution in [1.29, 1.82) is 0 Å². The van der Waals surface area contributed by atoms with Crippen molar-refractivity contribution in [3.8, 4) is 0 Å². The van der Waals surface area contributed by atoms with Crippen LogP contribution in [-0.4, -0.2) is 49.6 Å². The lowest BCUT2D eigenvalue weighted by Gasteiger charge is -2.42. The van der Waals surface area contributed by atoms with Crippen LogP contribution in [0.25, 0.3) is 0 Å². The Bertz CT molecular complexity index is 1510. The highest BCUT2D eigenvalue weighted by Gasteiger charge is 2.47. The Balaban J connectivity index is 1.62. The number of benzene rings is 3. The summed E-state index contributed by atoms with van der Waals surface area (Å²) in [7, 11) is 3.24. The van der Waals surface area contributed by atoms with Crippen molar-refractivity contribution in [2.45, 2.75) is 49.9 Å². The summed E-state index contributed by atoms with van der Waals surface area (Å²) in [5, 5.41) is 11.3. The lowest BCUT2D eigenvalue weighted by atomic mass is 9.63. The maximum atomic E-state index is 13.6. The van der Waals surface area contributed by atoms with E-state index in [0.29, 0.717) is 22.6 Å². The number of alkyl halides is 6. The number of anilines is 1. The highest BCUT2D eigenvalue weighted by atomic mass is 19.4. The van der Waals surface area contributed by atoms with Gasteiger partial charge in [0.15, 0.2) is 0 Å². The summed E-state index contributed by atoms with van der Waals surface area (Å²) in [6.07, 6.45) is -8.68. The number of rotatable bonds is 8. The predicted octanol–water partition coefficient (Wildman–Crippen LogP) is 7.46. The first-order chi connectivity index (χ1) is 21.2. The molecule has 2 N–H and O–H groups in total. The largest absolute Gasteiger partial charge is 0.481 e. The van der Waals surface area contributed by atoms with Crippen molar-refractivity contribution >= 4 is 23.4 Å². The fraction of sp³-hybridized carbons (Fsp3) is 0.364. The summed E-state index contributed by atoms with van der Waals surface area (Å²) in [4.78, 5) is 29.2. The molecule has 1 fully saturated rings. The summed E-state index contributed by atoms with van der Waals surface area (Å²) in [6.45, 7) is -0.0395. The molecule has 0 atom stereocenters. The van der Waals surface area contributed by atoms with Crippen LogP contribution in [0.4, 0.5) is 32.0 Å². The van der Waals surface area contributed by atoms with Crippen LogP contribution < -0.4 is 10.2 Å². The van der Waals surface area contributed by atoms with Gasteiger partial charge in [0, 0.05) is 42.9 Å². The van der Waals surface area contributed by atoms with Gasteiger partial charge in [0.1, 0.15) is 5.84 Å². The summed E-state index contributed by atoms with van der Waals surface area (Å²) in [6, 6.07) is 18.6. The molecule has 0 aromatic heterocycles. The number of amides is 1. The first-order valence-electron chi connectivity index (χ1n) is 14.3. The fourth-order valence-corrected chi connectivity index (χ4v) is 5.91. The van der Waals surface area contributed by atoms with Crippen LogP contribution in [0.1, 0.15) is 64.7 Å². The smallest absolute Gasteiger partial charge is 0.416 e. The molecule has 1 aliphatic rings. The molecule has 3 aromatic rings. The number of halogens is 6. The third kappa shape index (κ3) is 7.66. The van der Waals surface area contributed by atoms with Crippen molar-refractivity contribution in [1.82, 2.24) is 5.32 Å². The molecule has 0 aliphatic heterocycles. The molecule has 12 heteroatoms. The zero-order valence-corrected chi connectivity index (χ0v) is 24.7. The Kier molecular flexibility index (Phi) is 9.94. The molecule has 0 bridgehead atoms. The highest BCUT2D eigenvalue weighted by Crippen LogP contribution is 2.50. The third-order valence-electron chi connectivity index (χ3n) is 8.43. The molecule has 1 aliphatic carbocycles. The number of carbonyl (C=O) groups excluding carboxylic acids is 1. The number of hydrogen-bond acceptors (Lipinski definition) is 3. The molecule has 240 valence electrons. The number of hydrogen-bond donors (Lipinski definition) is 2. The van der Waals surface area contributed by atoms with Gasteiger partial charge in [-0.3, -0.25) is 14.6 Å². The Hall–Kier alpha value is -4.35. The standard InChI is InChI=1S/C33H33F6N3O3/c1-40-29(42(2)27-13-11-25(12-14-27)32(34,35)36)21-3-7-23(8-4-21)31(18-15-26(16-19-31)33(37,38)39)24-9-5-22(6-10-24)30(45)41-20-17-28(43)44/h3-14,26H,15-20H2,1-2H3,(H,41,45)(H,43,44). The van der Waals surface area contributed by atoms with E-state index in [1.807, 2.05) is 12.1 Å². The first-order valence-corrected chi connectivity index (χ1v) is 14.3. The second-order valence-electron chi connectivity index (χ2n) is 11.1. The lowest BCUT2D eigenvalue weighted by molar-refractivity contribution is -0.184. The van der Waals surface area contributed by atoms with E-state index in [9.17, 15) is 35.9 Å². The summed E-state index contributed by atoms with van der Waals surface area (Å²) < 4.78 is 79.9. The molecule has 4 rings (SSSR count). The maximum Gasteiger partial charge on any atom is 0.416 e. The van der Waals surface area contributed by atoms with Crippen LogP contribution >= 0.6 is 0 Å². The summed E-state index contributed by atoms with van der Waals surface area (Å²) in [5.74, 6) is -2.43. The van der Waals surface area contributed by atoms with Crippen LogP contribution in [0.3, 0.4) is 0 Å². The molecule has 0 unspecified atom stereocenters. The topological polar surface area (TPSA) is 82.0 Å². The fourth-order valence-electron chi connectivity index (χ4n) is 5.91. The Morgan fingerprint density at radius 3 is 1.82 bits per heavy atom. The predicted molar refractivity (Wildman–Crippen MR) is 159 cm³/mol. The van der Waals surface area contributed by atoms with Gasteiger partial charge < -0.3 is 15.3 Å². The molecular formula is C33H33F6N3O3. The molecule has 0 saturated heterocycles. The zero-order chi connectivity index (χ0) is 33.0. The van der Waals surface area contributed by atoms with Crippen molar-refractivity contribution in [3.05, 3.63) is 101 Å². The quantitative estimate of drug-likeness (QED) is 0.153. The minimum atomic E-state index is -4.46. The number of aliphatic carboxylic acids is 1. The maximum absolute atomic E-state index is 13.6. The zero-order valence-electron chi connectivity index (χ0n) is 24.7. The van der Waals surface area contributed by atoms with Crippen LogP contribution in [0.15, 0.2) is 77.8 Å². The normalized spacial score (nSPS) is 19.2. The number of aliphatic imine (C=N–C) groups is 1. The molecule has 0 heterocycles. The third-order valence-corrected chi connectivity index (χ3v) is 8.43. The SMILES string of the molecule is CN=C(c1ccc(C2(c3ccc(C(=O)NCCC(=O)O)cc3)CCC(C(F)(F)F)CC2)cc1)N(C)c1ccc(C(F)(F)F)cc1. The Morgan fingerprint density at radius 1 is 0.867 bits per heavy atom. The van der Waals surface area contributed by atoms with Gasteiger partial charge in [-0.25, -0.2) is 0 Å². The van der Waals surface area contributed by atoms with Crippen molar-refractivity contribution < 1.29 is 41.0 Å². The average molecular weight is 634 g/mol. The Labute approximate surface area is 256 Å². The molecule has 45 heavy (non-hydrogen) atoms. The van der Waals surface area contributed by atoms with Gasteiger partial charge in [-0.1, -0.05) is 36.4 Å². The van der Waals surface area contributed by atoms with E-state index in [-0.39, 0.29) is 38.6 Å². The minimum absolute atomic E-state index is 0.0395. The second kappa shape index (κ2) is 13.3. The number of carboxylic acids is 1. The summed E-state index contributed by atoms with van der Waals surface area (Å²) >= 11 is 0. The van der Waals surface area contributed by atoms with Crippen molar-refractivity contribution in [3.63, 3.8) is 0 Å². The van der Waals surface area contributed by atoms with Gasteiger partial charge in [0.2, 0.25) is 0 Å². The number of carbonyl (C=O) groups is 2. The number of nitrogens with one attached hydrogen (secondary N) is 1. The second-order valence-corrected chi connectivity index (χ2v) is 11.1. The van der Waals surface area contributed by atoms with E-state index >= 15 is 0 Å². The average Bonchev–Trinajstić information content (AvgIpc) is 3.01. The van der Waals surface area contributed by atoms with E-state index in [1.165, 1.54) is 12.1 Å².